The third kappa shape index (κ3) is 9.38. The number of aryl methyl sites for hydroxylation is 1. The molecule has 13 heteroatoms. The number of pyridine rings is 1. The zero-order valence-electron chi connectivity index (χ0n) is 38.0. The molecule has 0 amide bonds. The fourth-order valence-corrected chi connectivity index (χ4v) is 10.9. The molecule has 13 nitrogen and oxygen atoms in total. The number of aromatic nitrogens is 2. The summed E-state index contributed by atoms with van der Waals surface area (Å²) >= 11 is 0. The summed E-state index contributed by atoms with van der Waals surface area (Å²) in [7, 11) is 3.35. The second kappa shape index (κ2) is 19.7. The molecular weight excluding hydrogens is 837 g/mol. The Labute approximate surface area is 385 Å². The number of Topliss-reactive ketones (excluding diaryl/α,β-unsaturated/α-hetero) is 1. The lowest BCUT2D eigenvalue weighted by molar-refractivity contribution is -0.132. The number of aliphatic hydroxyl groups is 2. The summed E-state index contributed by atoms with van der Waals surface area (Å²) in [4.78, 5) is 24.2. The number of hydrogen-bond acceptors (Lipinski definition) is 12. The van der Waals surface area contributed by atoms with Gasteiger partial charge in [-0.3, -0.25) is 4.79 Å². The summed E-state index contributed by atoms with van der Waals surface area (Å²) in [5, 5.41) is 77.2. The third-order valence-electron chi connectivity index (χ3n) is 13.9. The number of anilines is 2. The van der Waals surface area contributed by atoms with Crippen molar-refractivity contribution in [2.24, 2.45) is 17.8 Å². The standard InChI is InChI=1S/C53H62N4O9/c1-30(2)29-66-48-25-34(24-46(63)52(48)64)33-21-35(28-54-3)50-39-11-10-38(58)22-32(39)9-12-41(50)57-49-26-36(16-19-56-49)53(17-15-42(59)40(53)27-37-6-5-18-55-37)51(45(62)23-33)44(61)14-8-31-7-13-43(60)47(20-31)65-4/h5-7,9-13,16,18-20,22,24-26,30,33,35,40,42,44,51,54-55,58-61,63-64H,8,14-15,17,21,23,27-29H2,1-4H3,(H,56,57)/t33-,35-,40+,42+,44-,51+,53+/m1/s1. The van der Waals surface area contributed by atoms with Crippen molar-refractivity contribution in [1.29, 1.82) is 0 Å². The summed E-state index contributed by atoms with van der Waals surface area (Å²) in [6, 6.07) is 25.2. The molecule has 1 spiro atoms. The second-order valence-electron chi connectivity index (χ2n) is 18.7. The number of carbonyl (C=O) groups excluding carboxylic acids is 1. The Balaban J connectivity index is 1.35. The molecule has 1 saturated carbocycles. The molecule has 2 bridgehead atoms. The van der Waals surface area contributed by atoms with E-state index >= 15 is 4.79 Å². The van der Waals surface area contributed by atoms with Crippen molar-refractivity contribution in [1.82, 2.24) is 15.3 Å². The highest BCUT2D eigenvalue weighted by molar-refractivity contribution is 5.93. The summed E-state index contributed by atoms with van der Waals surface area (Å²) in [5.41, 5.74) is 3.65. The molecule has 66 heavy (non-hydrogen) atoms. The van der Waals surface area contributed by atoms with Gasteiger partial charge in [0, 0.05) is 48.1 Å². The van der Waals surface area contributed by atoms with Gasteiger partial charge in [-0.25, -0.2) is 4.98 Å². The number of fused-ring (bicyclic) bond motifs is 6. The van der Waals surface area contributed by atoms with E-state index in [2.05, 4.69) is 15.6 Å². The van der Waals surface area contributed by atoms with Gasteiger partial charge in [-0.05, 0) is 163 Å². The van der Waals surface area contributed by atoms with Crippen molar-refractivity contribution >= 4 is 28.1 Å². The number of phenolic OH excluding ortho intramolecular Hbond substituents is 4. The topological polar surface area (TPSA) is 210 Å². The molecule has 6 aromatic rings. The van der Waals surface area contributed by atoms with Crippen LogP contribution in [0.5, 0.6) is 34.5 Å². The predicted molar refractivity (Wildman–Crippen MR) is 254 cm³/mol. The lowest BCUT2D eigenvalue weighted by Gasteiger charge is -2.45. The molecule has 9 N–H and O–H groups in total. The zero-order chi connectivity index (χ0) is 46.7. The Hall–Kier alpha value is -6.28. The summed E-state index contributed by atoms with van der Waals surface area (Å²) in [6.45, 7) is 4.73. The van der Waals surface area contributed by atoms with Gasteiger partial charge >= 0.3 is 0 Å². The summed E-state index contributed by atoms with van der Waals surface area (Å²) < 4.78 is 11.5. The van der Waals surface area contributed by atoms with E-state index in [9.17, 15) is 30.6 Å². The molecule has 7 atom stereocenters. The number of ketones is 1. The Bertz CT molecular complexity index is 2650. The fraction of sp³-hybridized carbons (Fsp3) is 0.396. The van der Waals surface area contributed by atoms with Gasteiger partial charge in [0.15, 0.2) is 23.0 Å². The Morgan fingerprint density at radius 2 is 1.79 bits per heavy atom. The van der Waals surface area contributed by atoms with Gasteiger partial charge in [0.1, 0.15) is 17.4 Å². The number of nitrogens with zero attached hydrogens (tertiary/aromatic N) is 1. The van der Waals surface area contributed by atoms with Crippen molar-refractivity contribution in [3.8, 4) is 34.5 Å². The van der Waals surface area contributed by atoms with Crippen LogP contribution in [0.1, 0.15) is 85.7 Å². The van der Waals surface area contributed by atoms with Crippen LogP contribution in [0.3, 0.4) is 0 Å². The fourth-order valence-electron chi connectivity index (χ4n) is 10.9. The van der Waals surface area contributed by atoms with E-state index in [1.165, 1.54) is 13.2 Å². The van der Waals surface area contributed by atoms with Crippen LogP contribution in [-0.4, -0.2) is 85.9 Å². The number of rotatable bonds is 13. The number of ether oxygens (including phenoxy) is 2. The SMILES string of the molecule is CNC[C@H]1C[C@@H](c2cc(O)c(O)c(OCC(C)C)c2)CC(=O)[C@H]([C@H](O)CCc2ccc(O)c(OC)c2)[C@@]2(CC[C@H](O)[C@@H]2Cc2ccc[nH]2)c2ccnc(c2)Nc2ccc3cc(O)ccc3c21. The maximum Gasteiger partial charge on any atom is 0.200 e. The number of H-pyrrole nitrogens is 1. The van der Waals surface area contributed by atoms with Crippen LogP contribution in [0.25, 0.3) is 10.8 Å². The molecule has 2 aromatic heterocycles. The van der Waals surface area contributed by atoms with Gasteiger partial charge in [0.25, 0.3) is 0 Å². The van der Waals surface area contributed by atoms with E-state index < -0.39 is 35.4 Å². The van der Waals surface area contributed by atoms with E-state index in [4.69, 9.17) is 14.5 Å². The molecule has 1 aliphatic heterocycles. The molecule has 3 heterocycles. The first-order valence-electron chi connectivity index (χ1n) is 23.0. The summed E-state index contributed by atoms with van der Waals surface area (Å²) in [6.07, 6.45) is 3.58. The summed E-state index contributed by atoms with van der Waals surface area (Å²) in [5.74, 6) is -2.22. The number of likely N-dealkylation sites (N-methyl/N-ethyl adjacent to an activating group) is 1. The number of aliphatic hydroxyl groups excluding tert-OH is 2. The van der Waals surface area contributed by atoms with Gasteiger partial charge in [0.2, 0.25) is 5.75 Å². The molecule has 1 aliphatic carbocycles. The van der Waals surface area contributed by atoms with E-state index in [0.29, 0.717) is 55.8 Å². The number of carbonyl (C=O) groups is 1. The molecule has 8 rings (SSSR count). The van der Waals surface area contributed by atoms with Gasteiger partial charge in [0.05, 0.1) is 31.8 Å². The van der Waals surface area contributed by atoms with Gasteiger partial charge < -0.3 is 55.7 Å². The lowest BCUT2D eigenvalue weighted by Crippen LogP contribution is -2.51. The van der Waals surface area contributed by atoms with Crippen LogP contribution < -0.4 is 20.1 Å². The van der Waals surface area contributed by atoms with Crippen molar-refractivity contribution in [2.45, 2.75) is 88.3 Å². The molecule has 0 unspecified atom stereocenters. The van der Waals surface area contributed by atoms with Crippen molar-refractivity contribution < 1.29 is 44.9 Å². The average molecular weight is 899 g/mol. The highest BCUT2D eigenvalue weighted by Gasteiger charge is 2.57. The maximum absolute atomic E-state index is 16.1. The highest BCUT2D eigenvalue weighted by atomic mass is 16.5. The van der Waals surface area contributed by atoms with E-state index in [0.717, 1.165) is 38.8 Å². The molecule has 1 fully saturated rings. The first-order chi connectivity index (χ1) is 31.8. The van der Waals surface area contributed by atoms with Crippen molar-refractivity contribution in [3.05, 3.63) is 125 Å². The number of benzene rings is 4. The monoisotopic (exact) mass is 898 g/mol. The number of aromatic hydroxyl groups is 4. The maximum atomic E-state index is 16.1. The molecular formula is C53H62N4O9. The molecule has 0 saturated heterocycles. The van der Waals surface area contributed by atoms with E-state index in [1.54, 1.807) is 42.6 Å². The average Bonchev–Trinajstić information content (AvgIpc) is 3.94. The van der Waals surface area contributed by atoms with Gasteiger partial charge in [-0.2, -0.15) is 0 Å². The van der Waals surface area contributed by atoms with Crippen LogP contribution in [-0.2, 0) is 23.1 Å². The lowest BCUT2D eigenvalue weighted by atomic mass is 9.58. The van der Waals surface area contributed by atoms with Crippen molar-refractivity contribution in [3.63, 3.8) is 0 Å². The zero-order valence-corrected chi connectivity index (χ0v) is 38.0. The smallest absolute Gasteiger partial charge is 0.200 e. The van der Waals surface area contributed by atoms with Crippen LogP contribution >= 0.6 is 0 Å². The Kier molecular flexibility index (Phi) is 13.8. The quantitative estimate of drug-likeness (QED) is 0.0500. The van der Waals surface area contributed by atoms with Gasteiger partial charge in [-0.1, -0.05) is 32.0 Å². The molecule has 0 radical (unpaired) electrons. The van der Waals surface area contributed by atoms with E-state index in [-0.39, 0.29) is 65.8 Å². The normalized spacial score (nSPS) is 22.6. The molecule has 348 valence electrons. The van der Waals surface area contributed by atoms with Crippen molar-refractivity contribution in [2.75, 3.05) is 32.6 Å². The van der Waals surface area contributed by atoms with Crippen LogP contribution in [0, 0.1) is 17.8 Å². The number of nitrogens with one attached hydrogen (secondary N) is 3. The van der Waals surface area contributed by atoms with Gasteiger partial charge in [-0.15, -0.1) is 0 Å². The van der Waals surface area contributed by atoms with Crippen LogP contribution in [0.4, 0.5) is 11.5 Å². The minimum absolute atomic E-state index is 0.00527. The first-order valence-corrected chi connectivity index (χ1v) is 23.0. The molecule has 2 aliphatic rings. The molecule has 4 aromatic carbocycles. The number of methoxy groups -OCH3 is 1. The first kappa shape index (κ1) is 46.3. The minimum atomic E-state index is -1.20. The van der Waals surface area contributed by atoms with E-state index in [1.807, 2.05) is 69.6 Å². The minimum Gasteiger partial charge on any atom is -0.508 e. The Morgan fingerprint density at radius 1 is 0.955 bits per heavy atom. The predicted octanol–water partition coefficient (Wildman–Crippen LogP) is 8.48. The largest absolute Gasteiger partial charge is 0.508 e. The number of phenols is 4. The second-order valence-corrected chi connectivity index (χ2v) is 18.7. The highest BCUT2D eigenvalue weighted by Crippen LogP contribution is 2.56. The van der Waals surface area contributed by atoms with Crippen LogP contribution in [0.15, 0.2) is 97.3 Å². The number of aromatic amines is 1. The third-order valence-corrected chi connectivity index (χ3v) is 13.9. The number of hydrogen-bond donors (Lipinski definition) is 9. The Morgan fingerprint density at radius 3 is 2.55 bits per heavy atom. The van der Waals surface area contributed by atoms with Crippen LogP contribution in [0.2, 0.25) is 0 Å².